The summed E-state index contributed by atoms with van der Waals surface area (Å²) in [7, 11) is 0. The van der Waals surface area contributed by atoms with E-state index in [-0.39, 0.29) is 11.6 Å². The Bertz CT molecular complexity index is 387. The number of nitrogens with zero attached hydrogens (tertiary/aromatic N) is 4. The zero-order valence-electron chi connectivity index (χ0n) is 13.6. The molecule has 2 unspecified atom stereocenters. The average Bonchev–Trinajstić information content (AvgIpc) is 2.89. The van der Waals surface area contributed by atoms with Gasteiger partial charge in [-0.1, -0.05) is 32.9 Å². The second-order valence-electron chi connectivity index (χ2n) is 5.36. The summed E-state index contributed by atoms with van der Waals surface area (Å²) in [4.78, 5) is 2.45. The molecule has 0 saturated heterocycles. The Labute approximate surface area is 122 Å². The Balaban J connectivity index is 3.17. The van der Waals surface area contributed by atoms with Crippen molar-refractivity contribution in [3.63, 3.8) is 0 Å². The fraction of sp³-hybridized carbons (Fsp3) is 0.857. The molecule has 1 rings (SSSR count). The zero-order chi connectivity index (χ0) is 15.2. The van der Waals surface area contributed by atoms with Crippen molar-refractivity contribution in [1.29, 1.82) is 0 Å². The van der Waals surface area contributed by atoms with Crippen molar-refractivity contribution >= 4 is 0 Å². The molecule has 6 nitrogen and oxygen atoms in total. The van der Waals surface area contributed by atoms with E-state index >= 15 is 0 Å². The third kappa shape index (κ3) is 3.19. The highest BCUT2D eigenvalue weighted by Crippen LogP contribution is 2.33. The third-order valence-corrected chi connectivity index (χ3v) is 4.37. The van der Waals surface area contributed by atoms with Gasteiger partial charge in [0.15, 0.2) is 0 Å². The van der Waals surface area contributed by atoms with Crippen molar-refractivity contribution < 1.29 is 0 Å². The molecule has 1 heterocycles. The van der Waals surface area contributed by atoms with E-state index in [1.165, 1.54) is 0 Å². The predicted molar refractivity (Wildman–Crippen MR) is 82.0 cm³/mol. The molecule has 0 radical (unpaired) electrons. The number of nitrogens with one attached hydrogen (secondary N) is 1. The molecule has 0 saturated carbocycles. The van der Waals surface area contributed by atoms with E-state index in [2.05, 4.69) is 55.3 Å². The number of likely N-dealkylation sites (N-methyl/N-ethyl adjacent to an activating group) is 1. The van der Waals surface area contributed by atoms with Gasteiger partial charge in [-0.3, -0.25) is 10.7 Å². The fourth-order valence-electron chi connectivity index (χ4n) is 3.01. The van der Waals surface area contributed by atoms with Crippen LogP contribution in [0.2, 0.25) is 0 Å². The Morgan fingerprint density at radius 1 is 1.35 bits per heavy atom. The highest BCUT2D eigenvalue weighted by Gasteiger charge is 2.39. The maximum absolute atomic E-state index is 5.89. The number of rotatable bonds is 9. The molecule has 3 N–H and O–H groups in total. The van der Waals surface area contributed by atoms with Crippen LogP contribution >= 0.6 is 0 Å². The van der Waals surface area contributed by atoms with Gasteiger partial charge in [-0.05, 0) is 32.9 Å². The van der Waals surface area contributed by atoms with Crippen LogP contribution in [-0.4, -0.2) is 38.5 Å². The SMILES string of the molecule is CCCn1nncc1C(NN)C(C)(CC)N(CC)CC. The molecule has 1 aromatic heterocycles. The molecule has 2 atom stereocenters. The van der Waals surface area contributed by atoms with Crippen molar-refractivity contribution in [2.75, 3.05) is 13.1 Å². The van der Waals surface area contributed by atoms with Gasteiger partial charge in [-0.15, -0.1) is 5.10 Å². The monoisotopic (exact) mass is 282 g/mol. The summed E-state index contributed by atoms with van der Waals surface area (Å²) in [5.41, 5.74) is 4.00. The molecule has 0 aliphatic carbocycles. The summed E-state index contributed by atoms with van der Waals surface area (Å²) < 4.78 is 1.96. The quantitative estimate of drug-likeness (QED) is 0.533. The van der Waals surface area contributed by atoms with E-state index in [9.17, 15) is 0 Å². The fourth-order valence-corrected chi connectivity index (χ4v) is 3.01. The predicted octanol–water partition coefficient (Wildman–Crippen LogP) is 1.70. The second kappa shape index (κ2) is 7.71. The van der Waals surface area contributed by atoms with E-state index in [1.807, 2.05) is 10.9 Å². The summed E-state index contributed by atoms with van der Waals surface area (Å²) in [6.07, 6.45) is 3.86. The lowest BCUT2D eigenvalue weighted by atomic mass is 9.85. The molecule has 0 amide bonds. The number of aromatic nitrogens is 3. The van der Waals surface area contributed by atoms with Crippen molar-refractivity contribution in [2.24, 2.45) is 5.84 Å². The topological polar surface area (TPSA) is 72.0 Å². The lowest BCUT2D eigenvalue weighted by Gasteiger charge is -2.45. The molecule has 20 heavy (non-hydrogen) atoms. The normalized spacial score (nSPS) is 16.4. The average molecular weight is 282 g/mol. The number of hydrogen-bond acceptors (Lipinski definition) is 5. The minimum atomic E-state index is -0.0640. The Hall–Kier alpha value is -0.980. The largest absolute Gasteiger partial charge is 0.296 e. The van der Waals surface area contributed by atoms with Crippen molar-refractivity contribution in [3.05, 3.63) is 11.9 Å². The summed E-state index contributed by atoms with van der Waals surface area (Å²) in [5.74, 6) is 5.89. The van der Waals surface area contributed by atoms with Gasteiger partial charge in [0.2, 0.25) is 0 Å². The Morgan fingerprint density at radius 2 is 2.00 bits per heavy atom. The molecular weight excluding hydrogens is 252 g/mol. The van der Waals surface area contributed by atoms with Crippen molar-refractivity contribution in [3.8, 4) is 0 Å². The maximum atomic E-state index is 5.89. The van der Waals surface area contributed by atoms with Gasteiger partial charge >= 0.3 is 0 Å². The van der Waals surface area contributed by atoms with Crippen LogP contribution in [0.3, 0.4) is 0 Å². The van der Waals surface area contributed by atoms with Gasteiger partial charge in [0, 0.05) is 12.1 Å². The number of hydrogen-bond donors (Lipinski definition) is 2. The highest BCUT2D eigenvalue weighted by molar-refractivity contribution is 5.11. The number of aryl methyl sites for hydroxylation is 1. The van der Waals surface area contributed by atoms with Crippen LogP contribution in [0.25, 0.3) is 0 Å². The van der Waals surface area contributed by atoms with Gasteiger partial charge in [-0.25, -0.2) is 10.1 Å². The molecular formula is C14H30N6. The van der Waals surface area contributed by atoms with Gasteiger partial charge in [-0.2, -0.15) is 0 Å². The smallest absolute Gasteiger partial charge is 0.0826 e. The lowest BCUT2D eigenvalue weighted by Crippen LogP contribution is -2.56. The molecule has 0 fully saturated rings. The molecule has 1 aromatic rings. The van der Waals surface area contributed by atoms with E-state index < -0.39 is 0 Å². The molecule has 116 valence electrons. The van der Waals surface area contributed by atoms with Crippen LogP contribution in [0.1, 0.15) is 59.2 Å². The first kappa shape index (κ1) is 17.1. The van der Waals surface area contributed by atoms with Crippen LogP contribution in [0, 0.1) is 0 Å². The third-order valence-electron chi connectivity index (χ3n) is 4.37. The van der Waals surface area contributed by atoms with Gasteiger partial charge < -0.3 is 0 Å². The second-order valence-corrected chi connectivity index (χ2v) is 5.36. The van der Waals surface area contributed by atoms with Crippen LogP contribution in [-0.2, 0) is 6.54 Å². The number of hydrazine groups is 1. The van der Waals surface area contributed by atoms with E-state index in [4.69, 9.17) is 5.84 Å². The van der Waals surface area contributed by atoms with Gasteiger partial charge in [0.05, 0.1) is 17.9 Å². The Kier molecular flexibility index (Phi) is 6.58. The first-order valence-corrected chi connectivity index (χ1v) is 7.68. The highest BCUT2D eigenvalue weighted by atomic mass is 15.4. The van der Waals surface area contributed by atoms with Gasteiger partial charge in [0.25, 0.3) is 0 Å². The van der Waals surface area contributed by atoms with Crippen LogP contribution in [0.4, 0.5) is 0 Å². The summed E-state index contributed by atoms with van der Waals surface area (Å²) >= 11 is 0. The van der Waals surface area contributed by atoms with Crippen molar-refractivity contribution in [2.45, 2.75) is 65.6 Å². The summed E-state index contributed by atoms with van der Waals surface area (Å²) in [6, 6.07) is 0.00829. The van der Waals surface area contributed by atoms with Crippen LogP contribution in [0.5, 0.6) is 0 Å². The summed E-state index contributed by atoms with van der Waals surface area (Å²) in [5, 5.41) is 8.25. The van der Waals surface area contributed by atoms with E-state index in [0.29, 0.717) is 0 Å². The molecule has 0 aliphatic rings. The zero-order valence-corrected chi connectivity index (χ0v) is 13.6. The molecule has 0 aliphatic heterocycles. The molecule has 0 aromatic carbocycles. The minimum Gasteiger partial charge on any atom is -0.296 e. The number of nitrogens with two attached hydrogens (primary N) is 1. The molecule has 6 heteroatoms. The molecule has 0 bridgehead atoms. The van der Waals surface area contributed by atoms with Crippen molar-refractivity contribution in [1.82, 2.24) is 25.3 Å². The Morgan fingerprint density at radius 3 is 2.45 bits per heavy atom. The van der Waals surface area contributed by atoms with Gasteiger partial charge in [0.1, 0.15) is 0 Å². The summed E-state index contributed by atoms with van der Waals surface area (Å²) in [6.45, 7) is 13.8. The first-order valence-electron chi connectivity index (χ1n) is 7.68. The standard InChI is InChI=1S/C14H30N6/c1-6-10-20-12(11-16-18-20)13(17-15)14(5,7-2)19(8-3)9-4/h11,13,17H,6-10,15H2,1-5H3. The van der Waals surface area contributed by atoms with E-state index in [1.54, 1.807) is 0 Å². The minimum absolute atomic E-state index is 0.00829. The maximum Gasteiger partial charge on any atom is 0.0826 e. The van der Waals surface area contributed by atoms with E-state index in [0.717, 1.165) is 38.2 Å². The van der Waals surface area contributed by atoms with Crippen LogP contribution < -0.4 is 11.3 Å². The first-order chi connectivity index (χ1) is 9.58. The molecule has 0 spiro atoms. The van der Waals surface area contributed by atoms with Crippen LogP contribution in [0.15, 0.2) is 6.20 Å². The lowest BCUT2D eigenvalue weighted by molar-refractivity contribution is 0.0663.